The van der Waals surface area contributed by atoms with Gasteiger partial charge in [0.25, 0.3) is 0 Å². The van der Waals surface area contributed by atoms with Crippen LogP contribution >= 0.6 is 0 Å². The highest BCUT2D eigenvalue weighted by Gasteiger charge is 2.33. The second-order valence-corrected chi connectivity index (χ2v) is 11.2. The second-order valence-electron chi connectivity index (χ2n) is 11.2. The number of carbonyl (C=O) groups is 2. The molecule has 0 radical (unpaired) electrons. The maximum atomic E-state index is 14.2. The van der Waals surface area contributed by atoms with Gasteiger partial charge in [0.15, 0.2) is 35.2 Å². The number of benzene rings is 4. The van der Waals surface area contributed by atoms with Crippen molar-refractivity contribution in [3.05, 3.63) is 74.8 Å². The van der Waals surface area contributed by atoms with Crippen LogP contribution < -0.4 is 26.5 Å². The Morgan fingerprint density at radius 1 is 0.773 bits per heavy atom. The molecule has 11 nitrogen and oxygen atoms in total. The van der Waals surface area contributed by atoms with Crippen LogP contribution in [0.15, 0.2) is 25.2 Å². The number of aldehydes is 1. The van der Waals surface area contributed by atoms with Gasteiger partial charge in [0, 0.05) is 55.3 Å². The Morgan fingerprint density at radius 2 is 1.39 bits per heavy atom. The quantitative estimate of drug-likeness (QED) is 0.116. The molecule has 0 spiro atoms. The van der Waals surface area contributed by atoms with Crippen LogP contribution in [0.1, 0.15) is 79.1 Å². The van der Waals surface area contributed by atoms with E-state index in [0.717, 1.165) is 0 Å². The number of rotatable bonds is 8. The van der Waals surface area contributed by atoms with E-state index < -0.39 is 68.8 Å². The summed E-state index contributed by atoms with van der Waals surface area (Å²) in [7, 11) is 0. The monoisotopic (exact) mass is 604 g/mol. The van der Waals surface area contributed by atoms with Gasteiger partial charge in [-0.05, 0) is 38.7 Å². The number of esters is 1. The molecule has 2 aliphatic carbocycles. The van der Waals surface area contributed by atoms with Crippen molar-refractivity contribution in [2.75, 3.05) is 13.2 Å². The first-order chi connectivity index (χ1) is 20.6. The van der Waals surface area contributed by atoms with Gasteiger partial charge in [-0.15, -0.1) is 0 Å². The molecule has 44 heavy (non-hydrogen) atoms. The van der Waals surface area contributed by atoms with Gasteiger partial charge in [-0.3, -0.25) is 24.0 Å². The molecule has 2 aliphatic rings. The Morgan fingerprint density at radius 3 is 1.93 bits per heavy atom. The summed E-state index contributed by atoms with van der Waals surface area (Å²) >= 11 is 0. The SMILES string of the molecule is CCOC(=O)COc1cc2c(O)c(-c3c(C)c(=O)c4c(C(C)C)c(=O)c(=O)c(C=O)c-4c3=O)c(C)c(O)c2c(C(C)C)c1O. The van der Waals surface area contributed by atoms with Gasteiger partial charge in [0.05, 0.1) is 12.2 Å². The molecule has 3 N–H and O–H groups in total. The molecule has 11 heteroatoms. The van der Waals surface area contributed by atoms with Crippen LogP contribution in [0.5, 0.6) is 23.0 Å². The first kappa shape index (κ1) is 31.9. The van der Waals surface area contributed by atoms with E-state index in [1.54, 1.807) is 34.6 Å². The Kier molecular flexibility index (Phi) is 8.37. The minimum atomic E-state index is -1.22. The van der Waals surface area contributed by atoms with Gasteiger partial charge in [-0.2, -0.15) is 0 Å². The number of fused-ring (bicyclic) bond motifs is 2. The molecule has 2 aromatic rings. The third-order valence-corrected chi connectivity index (χ3v) is 7.82. The van der Waals surface area contributed by atoms with E-state index >= 15 is 0 Å². The molecule has 0 heterocycles. The number of carbonyl (C=O) groups excluding carboxylic acids is 2. The van der Waals surface area contributed by atoms with Crippen LogP contribution in [0.3, 0.4) is 0 Å². The second kappa shape index (κ2) is 11.6. The Hall–Kier alpha value is -5.06. The molecule has 0 aromatic heterocycles. The van der Waals surface area contributed by atoms with Gasteiger partial charge in [-0.1, -0.05) is 27.7 Å². The Balaban J connectivity index is 2.22. The molecule has 0 unspecified atom stereocenters. The third-order valence-electron chi connectivity index (χ3n) is 7.82. The van der Waals surface area contributed by atoms with Crippen molar-refractivity contribution in [2.24, 2.45) is 0 Å². The lowest BCUT2D eigenvalue weighted by Gasteiger charge is -2.22. The normalized spacial score (nSPS) is 11.6. The fraction of sp³-hybridized carbons (Fsp3) is 0.333. The molecule has 2 aromatic carbocycles. The Bertz CT molecular complexity index is 2040. The summed E-state index contributed by atoms with van der Waals surface area (Å²) in [6, 6.07) is 1.18. The van der Waals surface area contributed by atoms with E-state index in [9.17, 15) is 44.1 Å². The number of ether oxygens (including phenoxy) is 2. The first-order valence-corrected chi connectivity index (χ1v) is 14.0. The minimum absolute atomic E-state index is 0.0324. The average Bonchev–Trinajstić information content (AvgIpc) is 2.96. The number of phenolic OH excluding ortho intramolecular Hbond substituents is 3. The van der Waals surface area contributed by atoms with E-state index in [1.165, 1.54) is 19.9 Å². The van der Waals surface area contributed by atoms with E-state index in [2.05, 4.69) is 0 Å². The lowest BCUT2D eigenvalue weighted by molar-refractivity contribution is -0.145. The summed E-state index contributed by atoms with van der Waals surface area (Å²) in [5.74, 6) is -3.39. The van der Waals surface area contributed by atoms with Crippen molar-refractivity contribution in [1.29, 1.82) is 0 Å². The highest BCUT2D eigenvalue weighted by molar-refractivity contribution is 6.06. The highest BCUT2D eigenvalue weighted by Crippen LogP contribution is 2.51. The molecular formula is C33H32O11. The largest absolute Gasteiger partial charge is 0.507 e. The zero-order valence-electron chi connectivity index (χ0n) is 25.3. The number of hydrogen-bond acceptors (Lipinski definition) is 11. The fourth-order valence-corrected chi connectivity index (χ4v) is 5.82. The van der Waals surface area contributed by atoms with Gasteiger partial charge in [-0.25, -0.2) is 4.79 Å². The number of aromatic hydroxyl groups is 3. The highest BCUT2D eigenvalue weighted by atomic mass is 16.6. The van der Waals surface area contributed by atoms with Crippen LogP contribution in [0.4, 0.5) is 0 Å². The number of phenols is 3. The van der Waals surface area contributed by atoms with Crippen LogP contribution in [0.25, 0.3) is 33.0 Å². The van der Waals surface area contributed by atoms with Crippen LogP contribution in [-0.4, -0.2) is 40.8 Å². The molecule has 0 aliphatic heterocycles. The van der Waals surface area contributed by atoms with Crippen molar-refractivity contribution in [2.45, 2.75) is 60.3 Å². The summed E-state index contributed by atoms with van der Waals surface area (Å²) in [5.41, 5.74) is -6.50. The van der Waals surface area contributed by atoms with E-state index in [-0.39, 0.29) is 74.1 Å². The predicted octanol–water partition coefficient (Wildman–Crippen LogP) is 3.66. The molecule has 0 amide bonds. The van der Waals surface area contributed by atoms with Crippen molar-refractivity contribution in [3.63, 3.8) is 0 Å². The molecule has 230 valence electrons. The van der Waals surface area contributed by atoms with Gasteiger partial charge in [0.2, 0.25) is 10.9 Å². The van der Waals surface area contributed by atoms with Crippen LogP contribution in [0.2, 0.25) is 0 Å². The molecular weight excluding hydrogens is 572 g/mol. The summed E-state index contributed by atoms with van der Waals surface area (Å²) in [5, 5.41) is 34.2. The summed E-state index contributed by atoms with van der Waals surface area (Å²) in [6.07, 6.45) is 0.0611. The minimum Gasteiger partial charge on any atom is -0.507 e. The lowest BCUT2D eigenvalue weighted by atomic mass is 9.81. The zero-order valence-corrected chi connectivity index (χ0v) is 25.3. The van der Waals surface area contributed by atoms with E-state index in [4.69, 9.17) is 9.47 Å². The van der Waals surface area contributed by atoms with Crippen molar-refractivity contribution in [1.82, 2.24) is 0 Å². The van der Waals surface area contributed by atoms with Gasteiger partial charge < -0.3 is 24.8 Å². The van der Waals surface area contributed by atoms with Crippen molar-refractivity contribution in [3.8, 4) is 45.3 Å². The molecule has 4 rings (SSSR count). The predicted molar refractivity (Wildman–Crippen MR) is 164 cm³/mol. The average molecular weight is 605 g/mol. The summed E-state index contributed by atoms with van der Waals surface area (Å²) in [6.45, 7) is 10.4. The first-order valence-electron chi connectivity index (χ1n) is 14.0. The fourth-order valence-electron chi connectivity index (χ4n) is 5.82. The van der Waals surface area contributed by atoms with E-state index in [0.29, 0.717) is 0 Å². The summed E-state index contributed by atoms with van der Waals surface area (Å²) in [4.78, 5) is 77.7. The third kappa shape index (κ3) is 4.68. The van der Waals surface area contributed by atoms with Crippen LogP contribution in [0, 0.1) is 13.8 Å². The van der Waals surface area contributed by atoms with Crippen molar-refractivity contribution < 1.29 is 34.4 Å². The standard InChI is InChI=1S/C33H32O11/c1-8-43-19(35)11-44-18-9-16-24(20(12(2)3)31(18)40)27(36)14(6)22(29(16)38)23-15(7)28(37)26-21(13(4)5)33(42)30(39)17(10-34)25(26)32(23)41/h9-10,12-13,36,38,40H,8,11H2,1-7H3. The Labute approximate surface area is 251 Å². The topological polar surface area (TPSA) is 182 Å². The molecule has 0 saturated heterocycles. The lowest BCUT2D eigenvalue weighted by Crippen LogP contribution is -2.38. The smallest absolute Gasteiger partial charge is 0.344 e. The van der Waals surface area contributed by atoms with Crippen molar-refractivity contribution >= 4 is 23.0 Å². The van der Waals surface area contributed by atoms with Crippen LogP contribution in [-0.2, 0) is 9.53 Å². The van der Waals surface area contributed by atoms with E-state index in [1.807, 2.05) is 0 Å². The molecule has 0 atom stereocenters. The molecule has 0 fully saturated rings. The van der Waals surface area contributed by atoms with Gasteiger partial charge >= 0.3 is 5.97 Å². The molecule has 0 bridgehead atoms. The maximum Gasteiger partial charge on any atom is 0.344 e. The van der Waals surface area contributed by atoms with Gasteiger partial charge in [0.1, 0.15) is 11.5 Å². The summed E-state index contributed by atoms with van der Waals surface area (Å²) < 4.78 is 10.4. The zero-order chi connectivity index (χ0) is 32.9. The molecule has 0 saturated carbocycles. The number of hydrogen-bond donors (Lipinski definition) is 3. The maximum absolute atomic E-state index is 14.2.